The van der Waals surface area contributed by atoms with Crippen molar-refractivity contribution in [3.05, 3.63) is 59.2 Å². The van der Waals surface area contributed by atoms with Crippen LogP contribution in [0.4, 0.5) is 0 Å². The first-order chi connectivity index (χ1) is 18.0. The van der Waals surface area contributed by atoms with E-state index < -0.39 is 23.8 Å². The highest BCUT2D eigenvalue weighted by Crippen LogP contribution is 2.45. The van der Waals surface area contributed by atoms with Gasteiger partial charge in [-0.25, -0.2) is 16.8 Å². The summed E-state index contributed by atoms with van der Waals surface area (Å²) in [7, 11) is -2.47. The van der Waals surface area contributed by atoms with Gasteiger partial charge in [0.2, 0.25) is 0 Å². The van der Waals surface area contributed by atoms with Crippen LogP contribution in [0.5, 0.6) is 11.5 Å². The fraction of sp³-hybridized carbons (Fsp3) is 0.586. The molecule has 2 aromatic rings. The number of methoxy groups -OCH3 is 2. The molecule has 0 bridgehead atoms. The number of unbranched alkanes of at least 4 members (excludes halogenated alkanes) is 1. The molecule has 0 atom stereocenters. The van der Waals surface area contributed by atoms with Crippen molar-refractivity contribution >= 4 is 19.7 Å². The molecule has 7 nitrogen and oxygen atoms in total. The molecule has 0 saturated carbocycles. The molecule has 1 saturated heterocycles. The lowest BCUT2D eigenvalue weighted by atomic mass is 9.99. The van der Waals surface area contributed by atoms with Crippen LogP contribution in [-0.2, 0) is 30.2 Å². The van der Waals surface area contributed by atoms with Crippen molar-refractivity contribution < 1.29 is 26.3 Å². The van der Waals surface area contributed by atoms with E-state index >= 15 is 0 Å². The molecule has 38 heavy (non-hydrogen) atoms. The molecule has 1 heterocycles. The van der Waals surface area contributed by atoms with Gasteiger partial charge in [0.25, 0.3) is 0 Å². The van der Waals surface area contributed by atoms with Crippen molar-refractivity contribution in [1.82, 2.24) is 4.90 Å². The van der Waals surface area contributed by atoms with Gasteiger partial charge in [0, 0.05) is 0 Å². The largest absolute Gasteiger partial charge is 0.493 e. The van der Waals surface area contributed by atoms with Gasteiger partial charge >= 0.3 is 0 Å². The van der Waals surface area contributed by atoms with Crippen molar-refractivity contribution in [2.45, 2.75) is 62.4 Å². The number of nitrogens with zero attached hydrogens (tertiary/aromatic N) is 1. The Morgan fingerprint density at radius 2 is 1.45 bits per heavy atom. The molecule has 0 radical (unpaired) electrons. The molecule has 0 N–H and O–H groups in total. The topological polar surface area (TPSA) is 90.0 Å². The predicted octanol–water partition coefficient (Wildman–Crippen LogP) is 4.95. The Kier molecular flexibility index (Phi) is 10.3. The van der Waals surface area contributed by atoms with Crippen LogP contribution in [0.25, 0.3) is 0 Å². The van der Waals surface area contributed by atoms with Crippen LogP contribution in [0.3, 0.4) is 0 Å². The first-order valence-corrected chi connectivity index (χ1v) is 16.7. The monoisotopic (exact) mass is 565 g/mol. The number of benzene rings is 2. The minimum Gasteiger partial charge on any atom is -0.493 e. The van der Waals surface area contributed by atoms with E-state index in [0.29, 0.717) is 24.3 Å². The van der Waals surface area contributed by atoms with Gasteiger partial charge in [-0.15, -0.1) is 0 Å². The third-order valence-corrected chi connectivity index (χ3v) is 13.7. The van der Waals surface area contributed by atoms with Crippen LogP contribution in [0.2, 0.25) is 0 Å². The fourth-order valence-corrected chi connectivity index (χ4v) is 11.2. The zero-order valence-electron chi connectivity index (χ0n) is 23.4. The van der Waals surface area contributed by atoms with Crippen molar-refractivity contribution in [1.29, 1.82) is 0 Å². The second kappa shape index (κ2) is 12.8. The normalized spacial score (nSPS) is 18.0. The average molecular weight is 566 g/mol. The van der Waals surface area contributed by atoms with Crippen LogP contribution < -0.4 is 9.47 Å². The molecule has 0 amide bonds. The highest BCUT2D eigenvalue weighted by Gasteiger charge is 2.57. The summed E-state index contributed by atoms with van der Waals surface area (Å²) < 4.78 is 62.6. The van der Waals surface area contributed by atoms with E-state index in [2.05, 4.69) is 18.7 Å². The maximum Gasteiger partial charge on any atom is 0.198 e. The van der Waals surface area contributed by atoms with E-state index in [0.717, 1.165) is 37.1 Å². The van der Waals surface area contributed by atoms with Crippen LogP contribution in [0.1, 0.15) is 68.6 Å². The van der Waals surface area contributed by atoms with Crippen LogP contribution in [-0.4, -0.2) is 67.6 Å². The van der Waals surface area contributed by atoms with E-state index in [1.54, 1.807) is 26.4 Å². The molecule has 1 fully saturated rings. The van der Waals surface area contributed by atoms with Gasteiger partial charge in [-0.05, 0) is 93.4 Å². The first-order valence-electron chi connectivity index (χ1n) is 13.4. The smallest absolute Gasteiger partial charge is 0.198 e. The summed E-state index contributed by atoms with van der Waals surface area (Å²) in [5.74, 6) is 1.53. The fourth-order valence-electron chi connectivity index (χ4n) is 5.34. The second-order valence-corrected chi connectivity index (χ2v) is 15.5. The molecule has 0 spiro atoms. The molecular formula is C29H43NO6S2. The van der Waals surface area contributed by atoms with E-state index in [1.165, 1.54) is 5.56 Å². The van der Waals surface area contributed by atoms with Crippen molar-refractivity contribution in [2.24, 2.45) is 0 Å². The number of rotatable bonds is 13. The maximum absolute atomic E-state index is 13.4. The molecule has 0 unspecified atom stereocenters. The van der Waals surface area contributed by atoms with E-state index in [4.69, 9.17) is 9.47 Å². The number of ether oxygens (including phenoxy) is 2. The zero-order chi connectivity index (χ0) is 28.0. The van der Waals surface area contributed by atoms with Gasteiger partial charge in [0.1, 0.15) is 0 Å². The molecule has 0 aromatic heterocycles. The van der Waals surface area contributed by atoms with Crippen molar-refractivity contribution in [3.8, 4) is 11.5 Å². The third kappa shape index (κ3) is 6.54. The quantitative estimate of drug-likeness (QED) is 0.318. The van der Waals surface area contributed by atoms with Crippen LogP contribution in [0, 0.1) is 0 Å². The summed E-state index contributed by atoms with van der Waals surface area (Å²) >= 11 is 0. The van der Waals surface area contributed by atoms with Gasteiger partial charge in [-0.2, -0.15) is 0 Å². The van der Waals surface area contributed by atoms with Crippen molar-refractivity contribution in [3.63, 3.8) is 0 Å². The summed E-state index contributed by atoms with van der Waals surface area (Å²) in [6, 6.07) is 13.1. The number of hydrogen-bond acceptors (Lipinski definition) is 7. The summed E-state index contributed by atoms with van der Waals surface area (Å²) in [6.45, 7) is 5.60. The Morgan fingerprint density at radius 3 is 2.03 bits per heavy atom. The molecule has 3 rings (SSSR count). The highest BCUT2D eigenvalue weighted by atomic mass is 32.3. The lowest BCUT2D eigenvalue weighted by Crippen LogP contribution is -2.50. The second-order valence-electron chi connectivity index (χ2n) is 10.6. The number of sulfone groups is 2. The van der Waals surface area contributed by atoms with Gasteiger partial charge in [0.15, 0.2) is 35.3 Å². The molecular weight excluding hydrogens is 522 g/mol. The standard InChI is InChI=1S/C29H43NO6S2/c1-23(2)25-12-14-26(15-13-25)29(37(31,32)20-9-21-38(29,33)34)17-8-19-30(3)18-7-6-10-24-11-16-27(35-4)28(22-24)36-5/h11-16,22-23H,6-10,17-21H2,1-5H3. The van der Waals surface area contributed by atoms with E-state index in [9.17, 15) is 16.8 Å². The van der Waals surface area contributed by atoms with E-state index in [-0.39, 0.29) is 30.3 Å². The minimum atomic E-state index is -3.86. The number of hydrogen-bond donors (Lipinski definition) is 0. The lowest BCUT2D eigenvalue weighted by molar-refractivity contribution is 0.314. The maximum atomic E-state index is 13.4. The minimum absolute atomic E-state index is 0.0781. The van der Waals surface area contributed by atoms with Gasteiger partial charge in [-0.1, -0.05) is 44.2 Å². The lowest BCUT2D eigenvalue weighted by Gasteiger charge is -2.37. The zero-order valence-corrected chi connectivity index (χ0v) is 25.0. The Balaban J connectivity index is 1.62. The van der Waals surface area contributed by atoms with E-state index in [1.807, 2.05) is 37.4 Å². The Morgan fingerprint density at radius 1 is 0.842 bits per heavy atom. The SMILES string of the molecule is COc1ccc(CCCCN(C)CCCC2(c3ccc(C(C)C)cc3)S(=O)(=O)CCCS2(=O)=O)cc1OC. The summed E-state index contributed by atoms with van der Waals surface area (Å²) in [5, 5.41) is 0. The predicted molar refractivity (Wildman–Crippen MR) is 154 cm³/mol. The summed E-state index contributed by atoms with van der Waals surface area (Å²) in [4.78, 5) is 2.16. The Bertz CT molecular complexity index is 1240. The van der Waals surface area contributed by atoms with Gasteiger partial charge in [-0.3, -0.25) is 0 Å². The van der Waals surface area contributed by atoms with Crippen LogP contribution >= 0.6 is 0 Å². The molecule has 1 aliphatic heterocycles. The Labute approximate surface area is 229 Å². The first kappa shape index (κ1) is 30.4. The summed E-state index contributed by atoms with van der Waals surface area (Å²) in [5.41, 5.74) is 2.63. The highest BCUT2D eigenvalue weighted by molar-refractivity contribution is 8.10. The molecule has 212 valence electrons. The Hall–Kier alpha value is -2.10. The molecule has 1 aliphatic rings. The number of aryl methyl sites for hydroxylation is 1. The molecule has 0 aliphatic carbocycles. The average Bonchev–Trinajstić information content (AvgIpc) is 2.87. The third-order valence-electron chi connectivity index (χ3n) is 7.60. The van der Waals surface area contributed by atoms with Crippen molar-refractivity contribution in [2.75, 3.05) is 45.9 Å². The molecule has 9 heteroatoms. The van der Waals surface area contributed by atoms with Gasteiger partial charge in [0.05, 0.1) is 25.7 Å². The van der Waals surface area contributed by atoms with Gasteiger partial charge < -0.3 is 14.4 Å². The summed E-state index contributed by atoms with van der Waals surface area (Å²) in [6.07, 6.45) is 3.61. The van der Waals surface area contributed by atoms with Crippen LogP contribution in [0.15, 0.2) is 42.5 Å². The molecule has 2 aromatic carbocycles.